The van der Waals surface area contributed by atoms with Crippen LogP contribution in [0.15, 0.2) is 47.3 Å². The van der Waals surface area contributed by atoms with E-state index < -0.39 is 0 Å². The van der Waals surface area contributed by atoms with Gasteiger partial charge in [0, 0.05) is 78.6 Å². The third-order valence-corrected chi connectivity index (χ3v) is 6.98. The van der Waals surface area contributed by atoms with Gasteiger partial charge in [-0.15, -0.1) is 0 Å². The number of rotatable bonds is 9. The van der Waals surface area contributed by atoms with E-state index in [-0.39, 0.29) is 17.6 Å². The van der Waals surface area contributed by atoms with Crippen molar-refractivity contribution in [1.82, 2.24) is 24.9 Å². The summed E-state index contributed by atoms with van der Waals surface area (Å²) in [5.74, 6) is 0.0145. The molecular formula is C24H37N5O2. The number of aliphatic hydroxyl groups excluding tert-OH is 1. The van der Waals surface area contributed by atoms with Gasteiger partial charge in [0.15, 0.2) is 5.78 Å². The molecular weight excluding hydrogens is 390 g/mol. The van der Waals surface area contributed by atoms with E-state index in [9.17, 15) is 9.90 Å². The van der Waals surface area contributed by atoms with E-state index in [1.54, 1.807) is 0 Å². The Labute approximate surface area is 186 Å². The summed E-state index contributed by atoms with van der Waals surface area (Å²) in [5.41, 5.74) is 1.25. The van der Waals surface area contributed by atoms with Crippen LogP contribution in [0.4, 0.5) is 0 Å². The van der Waals surface area contributed by atoms with Gasteiger partial charge in [-0.25, -0.2) is 20.0 Å². The number of hydrogen-bond acceptors (Lipinski definition) is 7. The Kier molecular flexibility index (Phi) is 7.40. The van der Waals surface area contributed by atoms with Gasteiger partial charge in [-0.3, -0.25) is 9.69 Å². The van der Waals surface area contributed by atoms with Crippen LogP contribution in [0, 0.1) is 0 Å². The molecule has 0 aromatic carbocycles. The van der Waals surface area contributed by atoms with E-state index in [1.165, 1.54) is 57.9 Å². The molecule has 0 atom stereocenters. The summed E-state index contributed by atoms with van der Waals surface area (Å²) < 4.78 is 0. The normalized spacial score (nSPS) is 24.9. The largest absolute Gasteiger partial charge is 0.507 e. The number of carbonyl (C=O) groups excluding carboxylic acids is 1. The standard InChI is InChI=1S/C24H37N5O2/c1-25(28-11-3-4-12-28)15-17-27(18-16-26(2)29-13-5-6-14-29)21-9-7-20(8-10-21)24-22(30)19-23(24)31/h7-10,19,21,30H,3-6,11-18H2,1-2H3. The summed E-state index contributed by atoms with van der Waals surface area (Å²) in [6, 6.07) is 0.199. The lowest BCUT2D eigenvalue weighted by atomic mass is 9.90. The van der Waals surface area contributed by atoms with Gasteiger partial charge in [0.25, 0.3) is 0 Å². The molecule has 0 aromatic rings. The van der Waals surface area contributed by atoms with Crippen molar-refractivity contribution in [3.8, 4) is 0 Å². The minimum atomic E-state index is -0.0865. The average Bonchev–Trinajstić information content (AvgIpc) is 3.48. The van der Waals surface area contributed by atoms with Crippen molar-refractivity contribution in [3.05, 3.63) is 47.3 Å². The summed E-state index contributed by atoms with van der Waals surface area (Å²) in [7, 11) is 4.40. The van der Waals surface area contributed by atoms with Crippen LogP contribution in [0.2, 0.25) is 0 Å². The van der Waals surface area contributed by atoms with Crippen LogP contribution in [0.5, 0.6) is 0 Å². The Bertz CT molecular complexity index is 733. The zero-order chi connectivity index (χ0) is 21.8. The van der Waals surface area contributed by atoms with Gasteiger partial charge in [0.2, 0.25) is 0 Å². The Morgan fingerprint density at radius 3 is 1.77 bits per heavy atom. The summed E-state index contributed by atoms with van der Waals surface area (Å²) in [6.07, 6.45) is 14.7. The number of aliphatic hydroxyl groups is 1. The maximum absolute atomic E-state index is 11.8. The number of carbonyl (C=O) groups is 1. The molecule has 0 saturated carbocycles. The number of hydrazine groups is 2. The summed E-state index contributed by atoms with van der Waals surface area (Å²) in [4.78, 5) is 14.3. The van der Waals surface area contributed by atoms with Gasteiger partial charge in [0.05, 0.1) is 5.57 Å². The smallest absolute Gasteiger partial charge is 0.193 e. The van der Waals surface area contributed by atoms with E-state index in [4.69, 9.17) is 0 Å². The maximum atomic E-state index is 11.8. The number of hydrogen-bond donors (Lipinski definition) is 1. The topological polar surface area (TPSA) is 53.5 Å². The van der Waals surface area contributed by atoms with Crippen molar-refractivity contribution in [1.29, 1.82) is 0 Å². The SMILES string of the molecule is CN(CCN(CCN(C)N1CCCC1)C1C=CC(=C2C(=O)C=C2O)C=C1)N1CCCC1. The van der Waals surface area contributed by atoms with Crippen LogP contribution in [0.3, 0.4) is 0 Å². The first-order valence-corrected chi connectivity index (χ1v) is 11.7. The highest BCUT2D eigenvalue weighted by molar-refractivity contribution is 6.15. The lowest BCUT2D eigenvalue weighted by molar-refractivity contribution is -0.112. The highest BCUT2D eigenvalue weighted by Gasteiger charge is 2.27. The minimum Gasteiger partial charge on any atom is -0.507 e. The number of nitrogens with zero attached hydrogens (tertiary/aromatic N) is 5. The molecule has 0 spiro atoms. The quantitative estimate of drug-likeness (QED) is 0.565. The fourth-order valence-corrected chi connectivity index (χ4v) is 4.86. The molecule has 4 aliphatic rings. The van der Waals surface area contributed by atoms with Crippen LogP contribution in [0.1, 0.15) is 25.7 Å². The van der Waals surface area contributed by atoms with Gasteiger partial charge in [-0.1, -0.05) is 24.3 Å². The third kappa shape index (κ3) is 5.35. The lowest BCUT2D eigenvalue weighted by Crippen LogP contribution is -2.48. The Hall–Kier alpha value is -1.77. The van der Waals surface area contributed by atoms with Crippen LogP contribution < -0.4 is 0 Å². The lowest BCUT2D eigenvalue weighted by Gasteiger charge is -2.36. The first kappa shape index (κ1) is 22.4. The minimum absolute atomic E-state index is 0.0865. The molecule has 1 N–H and O–H groups in total. The summed E-state index contributed by atoms with van der Waals surface area (Å²) in [6.45, 7) is 8.63. The van der Waals surface area contributed by atoms with Crippen LogP contribution in [0.25, 0.3) is 0 Å². The molecule has 0 amide bonds. The Morgan fingerprint density at radius 2 is 1.35 bits per heavy atom. The predicted octanol–water partition coefficient (Wildman–Crippen LogP) is 1.99. The molecule has 2 saturated heterocycles. The van der Waals surface area contributed by atoms with Gasteiger partial charge in [0.1, 0.15) is 5.76 Å². The van der Waals surface area contributed by atoms with Crippen molar-refractivity contribution >= 4 is 5.78 Å². The van der Waals surface area contributed by atoms with Gasteiger partial charge in [-0.2, -0.15) is 0 Å². The summed E-state index contributed by atoms with van der Waals surface area (Å²) >= 11 is 0. The molecule has 4 rings (SSSR count). The second kappa shape index (κ2) is 10.2. The first-order chi connectivity index (χ1) is 15.0. The van der Waals surface area contributed by atoms with Crippen molar-refractivity contribution in [2.75, 3.05) is 66.5 Å². The third-order valence-electron chi connectivity index (χ3n) is 6.98. The van der Waals surface area contributed by atoms with E-state index >= 15 is 0 Å². The molecule has 2 aliphatic carbocycles. The molecule has 0 radical (unpaired) electrons. The highest BCUT2D eigenvalue weighted by atomic mass is 16.3. The molecule has 0 unspecified atom stereocenters. The molecule has 0 aromatic heterocycles. The number of ketones is 1. The van der Waals surface area contributed by atoms with Crippen molar-refractivity contribution < 1.29 is 9.90 Å². The molecule has 0 bridgehead atoms. The van der Waals surface area contributed by atoms with E-state index in [0.29, 0.717) is 5.57 Å². The molecule has 2 aliphatic heterocycles. The highest BCUT2D eigenvalue weighted by Crippen LogP contribution is 2.27. The van der Waals surface area contributed by atoms with Crippen LogP contribution >= 0.6 is 0 Å². The summed E-state index contributed by atoms with van der Waals surface area (Å²) in [5, 5.41) is 19.5. The molecule has 170 valence electrons. The van der Waals surface area contributed by atoms with Gasteiger partial charge >= 0.3 is 0 Å². The zero-order valence-electron chi connectivity index (χ0n) is 19.0. The van der Waals surface area contributed by atoms with Gasteiger partial charge in [-0.05, 0) is 31.3 Å². The second-order valence-corrected chi connectivity index (χ2v) is 9.05. The molecule has 2 fully saturated rings. The second-order valence-electron chi connectivity index (χ2n) is 9.05. The van der Waals surface area contributed by atoms with Crippen molar-refractivity contribution in [3.63, 3.8) is 0 Å². The Balaban J connectivity index is 1.38. The van der Waals surface area contributed by atoms with E-state index in [1.807, 2.05) is 12.2 Å². The Morgan fingerprint density at radius 1 is 0.871 bits per heavy atom. The molecule has 7 heteroatoms. The fraction of sp³-hybridized carbons (Fsp3) is 0.625. The zero-order valence-corrected chi connectivity index (χ0v) is 19.0. The average molecular weight is 428 g/mol. The van der Waals surface area contributed by atoms with Gasteiger partial charge < -0.3 is 5.11 Å². The molecule has 31 heavy (non-hydrogen) atoms. The van der Waals surface area contributed by atoms with Crippen molar-refractivity contribution in [2.24, 2.45) is 0 Å². The first-order valence-electron chi connectivity index (χ1n) is 11.7. The van der Waals surface area contributed by atoms with Crippen LogP contribution in [-0.2, 0) is 4.79 Å². The van der Waals surface area contributed by atoms with E-state index in [2.05, 4.69) is 51.2 Å². The van der Waals surface area contributed by atoms with Crippen LogP contribution in [-0.4, -0.2) is 108 Å². The monoisotopic (exact) mass is 427 g/mol. The fourth-order valence-electron chi connectivity index (χ4n) is 4.86. The number of likely N-dealkylation sites (N-methyl/N-ethyl adjacent to an activating group) is 2. The molecule has 7 nitrogen and oxygen atoms in total. The van der Waals surface area contributed by atoms with E-state index in [0.717, 1.165) is 31.8 Å². The van der Waals surface area contributed by atoms with Crippen molar-refractivity contribution in [2.45, 2.75) is 31.7 Å². The maximum Gasteiger partial charge on any atom is 0.193 e. The number of allylic oxidation sites excluding steroid dienone is 5. The molecule has 2 heterocycles. The predicted molar refractivity (Wildman–Crippen MR) is 123 cm³/mol.